The van der Waals surface area contributed by atoms with E-state index in [1.807, 2.05) is 9.80 Å². The number of nitro groups is 1. The summed E-state index contributed by atoms with van der Waals surface area (Å²) in [5, 5.41) is 11.1. The van der Waals surface area contributed by atoms with Crippen molar-refractivity contribution in [3.63, 3.8) is 0 Å². The Bertz CT molecular complexity index is 750. The molecule has 3 rings (SSSR count). The summed E-state index contributed by atoms with van der Waals surface area (Å²) < 4.78 is 18.3. The number of hydrogen-bond acceptors (Lipinski definition) is 7. The molecule has 2 heterocycles. The molecular formula is C15H16FN5O3. The van der Waals surface area contributed by atoms with Gasteiger partial charge in [-0.25, -0.2) is 4.39 Å². The molecular weight excluding hydrogens is 317 g/mol. The normalized spacial score (nSPS) is 14.6. The zero-order valence-electron chi connectivity index (χ0n) is 13.1. The molecule has 9 heteroatoms. The number of piperazine rings is 1. The van der Waals surface area contributed by atoms with E-state index in [1.54, 1.807) is 6.20 Å². The molecule has 0 unspecified atom stereocenters. The lowest BCUT2D eigenvalue weighted by atomic mass is 10.2. The van der Waals surface area contributed by atoms with Crippen molar-refractivity contribution in [1.82, 2.24) is 9.97 Å². The van der Waals surface area contributed by atoms with Crippen LogP contribution >= 0.6 is 0 Å². The highest BCUT2D eigenvalue weighted by molar-refractivity contribution is 5.64. The molecule has 1 aromatic carbocycles. The number of ether oxygens (including phenoxy) is 1. The minimum absolute atomic E-state index is 0.218. The maximum absolute atomic E-state index is 13.3. The quantitative estimate of drug-likeness (QED) is 0.623. The first kappa shape index (κ1) is 15.9. The Hall–Kier alpha value is -2.97. The summed E-state index contributed by atoms with van der Waals surface area (Å²) in [5.41, 5.74) is 0.211. The molecule has 126 valence electrons. The molecule has 0 amide bonds. The topological polar surface area (TPSA) is 84.6 Å². The fraction of sp³-hybridized carbons (Fsp3) is 0.333. The Morgan fingerprint density at radius 2 is 1.92 bits per heavy atom. The SMILES string of the molecule is COc1cncc(N2CCN(c3ccc(F)cc3[N+](=O)[O-])CC2)n1. The molecule has 0 aliphatic carbocycles. The second-order valence-corrected chi connectivity index (χ2v) is 5.28. The standard InChI is InChI=1S/C15H16FN5O3/c1-24-15-10-17-9-14(18-15)20-6-4-19(5-7-20)12-3-2-11(16)8-13(12)21(22)23/h2-3,8-10H,4-7H2,1H3. The van der Waals surface area contributed by atoms with Crippen LogP contribution in [-0.2, 0) is 0 Å². The Morgan fingerprint density at radius 1 is 1.21 bits per heavy atom. The molecule has 0 N–H and O–H groups in total. The molecule has 24 heavy (non-hydrogen) atoms. The Labute approximate surface area is 137 Å². The van der Waals surface area contributed by atoms with Gasteiger partial charge in [-0.3, -0.25) is 15.1 Å². The van der Waals surface area contributed by atoms with Crippen molar-refractivity contribution in [2.45, 2.75) is 0 Å². The number of anilines is 2. The van der Waals surface area contributed by atoms with Crippen molar-refractivity contribution in [1.29, 1.82) is 0 Å². The van der Waals surface area contributed by atoms with E-state index >= 15 is 0 Å². The Balaban J connectivity index is 1.74. The van der Waals surface area contributed by atoms with Gasteiger partial charge in [0.05, 0.1) is 30.5 Å². The van der Waals surface area contributed by atoms with Gasteiger partial charge in [0.2, 0.25) is 5.88 Å². The van der Waals surface area contributed by atoms with E-state index in [0.717, 1.165) is 6.07 Å². The van der Waals surface area contributed by atoms with Gasteiger partial charge < -0.3 is 14.5 Å². The number of rotatable bonds is 4. The third-order valence-electron chi connectivity index (χ3n) is 3.89. The second-order valence-electron chi connectivity index (χ2n) is 5.28. The first-order chi connectivity index (χ1) is 11.6. The highest BCUT2D eigenvalue weighted by atomic mass is 19.1. The van der Waals surface area contributed by atoms with Crippen LogP contribution in [0.25, 0.3) is 0 Å². The van der Waals surface area contributed by atoms with Crippen molar-refractivity contribution < 1.29 is 14.1 Å². The van der Waals surface area contributed by atoms with Gasteiger partial charge in [-0.15, -0.1) is 0 Å². The van der Waals surface area contributed by atoms with Crippen LogP contribution in [-0.4, -0.2) is 48.2 Å². The molecule has 1 aliphatic rings. The number of methoxy groups -OCH3 is 1. The van der Waals surface area contributed by atoms with Crippen molar-refractivity contribution in [2.24, 2.45) is 0 Å². The number of aromatic nitrogens is 2. The molecule has 1 aromatic heterocycles. The number of halogens is 1. The van der Waals surface area contributed by atoms with E-state index in [0.29, 0.717) is 43.6 Å². The van der Waals surface area contributed by atoms with Crippen LogP contribution < -0.4 is 14.5 Å². The minimum atomic E-state index is -0.615. The summed E-state index contributed by atoms with van der Waals surface area (Å²) in [6, 6.07) is 3.64. The molecule has 8 nitrogen and oxygen atoms in total. The van der Waals surface area contributed by atoms with Crippen LogP contribution in [0.1, 0.15) is 0 Å². The first-order valence-electron chi connectivity index (χ1n) is 7.38. The zero-order valence-corrected chi connectivity index (χ0v) is 13.1. The highest BCUT2D eigenvalue weighted by Crippen LogP contribution is 2.30. The van der Waals surface area contributed by atoms with E-state index < -0.39 is 10.7 Å². The maximum atomic E-state index is 13.3. The fourth-order valence-electron chi connectivity index (χ4n) is 2.68. The van der Waals surface area contributed by atoms with Crippen LogP contribution in [0.4, 0.5) is 21.6 Å². The largest absolute Gasteiger partial charge is 0.480 e. The van der Waals surface area contributed by atoms with Gasteiger partial charge in [-0.1, -0.05) is 0 Å². The Morgan fingerprint density at radius 3 is 2.58 bits per heavy atom. The zero-order chi connectivity index (χ0) is 17.1. The van der Waals surface area contributed by atoms with E-state index in [1.165, 1.54) is 25.4 Å². The van der Waals surface area contributed by atoms with Crippen LogP contribution in [0.5, 0.6) is 5.88 Å². The predicted octanol–water partition coefficient (Wildman–Crippen LogP) is 1.86. The first-order valence-corrected chi connectivity index (χ1v) is 7.38. The van der Waals surface area contributed by atoms with Gasteiger partial charge in [0, 0.05) is 26.2 Å². The van der Waals surface area contributed by atoms with E-state index in [9.17, 15) is 14.5 Å². The average molecular weight is 333 g/mol. The van der Waals surface area contributed by atoms with Gasteiger partial charge in [-0.05, 0) is 12.1 Å². The molecule has 1 fully saturated rings. The molecule has 1 aliphatic heterocycles. The van der Waals surface area contributed by atoms with Gasteiger partial charge in [-0.2, -0.15) is 4.98 Å². The summed E-state index contributed by atoms with van der Waals surface area (Å²) in [5.74, 6) is 0.516. The molecule has 0 bridgehead atoms. The predicted molar refractivity (Wildman–Crippen MR) is 86.1 cm³/mol. The molecule has 1 saturated heterocycles. The Kier molecular flexibility index (Phi) is 4.41. The summed E-state index contributed by atoms with van der Waals surface area (Å²) in [6.07, 6.45) is 3.18. The highest BCUT2D eigenvalue weighted by Gasteiger charge is 2.25. The number of benzene rings is 1. The lowest BCUT2D eigenvalue weighted by Gasteiger charge is -2.36. The van der Waals surface area contributed by atoms with Crippen molar-refractivity contribution in [2.75, 3.05) is 43.1 Å². The van der Waals surface area contributed by atoms with Crippen LogP contribution in [0.2, 0.25) is 0 Å². The van der Waals surface area contributed by atoms with Crippen molar-refractivity contribution in [3.05, 3.63) is 46.5 Å². The van der Waals surface area contributed by atoms with Crippen LogP contribution in [0.15, 0.2) is 30.6 Å². The number of nitro benzene ring substituents is 1. The summed E-state index contributed by atoms with van der Waals surface area (Å²) in [4.78, 5) is 22.9. The molecule has 0 radical (unpaired) electrons. The minimum Gasteiger partial charge on any atom is -0.480 e. The maximum Gasteiger partial charge on any atom is 0.295 e. The number of nitrogens with zero attached hydrogens (tertiary/aromatic N) is 5. The third kappa shape index (κ3) is 3.19. The number of hydrogen-bond donors (Lipinski definition) is 0. The van der Waals surface area contributed by atoms with E-state index in [-0.39, 0.29) is 5.69 Å². The fourth-order valence-corrected chi connectivity index (χ4v) is 2.68. The monoisotopic (exact) mass is 333 g/mol. The van der Waals surface area contributed by atoms with Crippen LogP contribution in [0, 0.1) is 15.9 Å². The second kappa shape index (κ2) is 6.65. The molecule has 0 spiro atoms. The van der Waals surface area contributed by atoms with Gasteiger partial charge >= 0.3 is 0 Å². The van der Waals surface area contributed by atoms with Gasteiger partial charge in [0.15, 0.2) is 5.82 Å². The summed E-state index contributed by atoms with van der Waals surface area (Å²) in [6.45, 7) is 2.36. The molecule has 0 atom stereocenters. The summed E-state index contributed by atoms with van der Waals surface area (Å²) in [7, 11) is 1.53. The molecule has 2 aromatic rings. The van der Waals surface area contributed by atoms with Crippen LogP contribution in [0.3, 0.4) is 0 Å². The van der Waals surface area contributed by atoms with Gasteiger partial charge in [0.1, 0.15) is 11.5 Å². The average Bonchev–Trinajstić information content (AvgIpc) is 2.62. The van der Waals surface area contributed by atoms with Gasteiger partial charge in [0.25, 0.3) is 5.69 Å². The molecule has 0 saturated carbocycles. The summed E-state index contributed by atoms with van der Waals surface area (Å²) >= 11 is 0. The van der Waals surface area contributed by atoms with E-state index in [4.69, 9.17) is 4.74 Å². The smallest absolute Gasteiger partial charge is 0.295 e. The van der Waals surface area contributed by atoms with E-state index in [2.05, 4.69) is 9.97 Å². The van der Waals surface area contributed by atoms with Crippen molar-refractivity contribution in [3.8, 4) is 5.88 Å². The lowest BCUT2D eigenvalue weighted by molar-refractivity contribution is -0.384. The lowest BCUT2D eigenvalue weighted by Crippen LogP contribution is -2.47. The van der Waals surface area contributed by atoms with Crippen molar-refractivity contribution >= 4 is 17.2 Å². The third-order valence-corrected chi connectivity index (χ3v) is 3.89.